The second-order valence-corrected chi connectivity index (χ2v) is 6.00. The molecule has 9 heteroatoms. The summed E-state index contributed by atoms with van der Waals surface area (Å²) in [4.78, 5) is 23.4. The van der Waals surface area contributed by atoms with Gasteiger partial charge in [-0.25, -0.2) is 4.79 Å². The van der Waals surface area contributed by atoms with Gasteiger partial charge in [0.15, 0.2) is 11.5 Å². The van der Waals surface area contributed by atoms with Crippen LogP contribution in [0.5, 0.6) is 11.5 Å². The van der Waals surface area contributed by atoms with E-state index in [1.54, 1.807) is 18.8 Å². The number of nitrogens with zero attached hydrogens (tertiary/aromatic N) is 4. The predicted octanol–water partition coefficient (Wildman–Crippen LogP) is 1.14. The van der Waals surface area contributed by atoms with Crippen molar-refractivity contribution in [1.82, 2.24) is 14.5 Å². The Balaban J connectivity index is 0.00000196. The molecule has 0 amide bonds. The van der Waals surface area contributed by atoms with Crippen LogP contribution in [-0.4, -0.2) is 55.1 Å². The molecule has 1 saturated heterocycles. The van der Waals surface area contributed by atoms with Crippen LogP contribution in [0.1, 0.15) is 5.56 Å². The van der Waals surface area contributed by atoms with E-state index in [2.05, 4.69) is 4.98 Å². The Kier molecular flexibility index (Phi) is 5.33. The average Bonchev–Trinajstić information content (AvgIpc) is 2.67. The highest BCUT2D eigenvalue weighted by molar-refractivity contribution is 5.85. The Morgan fingerprint density at radius 3 is 2.42 bits per heavy atom. The summed E-state index contributed by atoms with van der Waals surface area (Å²) >= 11 is 0. The number of aromatic nitrogens is 3. The maximum atomic E-state index is 12.5. The number of morpholine rings is 1. The fourth-order valence-corrected chi connectivity index (χ4v) is 3.30. The average molecular weight is 381 g/mol. The first-order chi connectivity index (χ1) is 12.2. The van der Waals surface area contributed by atoms with Crippen LogP contribution in [0, 0.1) is 0 Å². The molecule has 0 atom stereocenters. The smallest absolute Gasteiger partial charge is 0.352 e. The lowest BCUT2D eigenvalue weighted by Gasteiger charge is -2.28. The first-order valence-corrected chi connectivity index (χ1v) is 8.28. The minimum absolute atomic E-state index is 0. The van der Waals surface area contributed by atoms with E-state index < -0.39 is 0 Å². The third kappa shape index (κ3) is 3.10. The van der Waals surface area contributed by atoms with Gasteiger partial charge in [0.2, 0.25) is 5.95 Å². The Labute approximate surface area is 157 Å². The third-order valence-corrected chi connectivity index (χ3v) is 4.64. The zero-order valence-corrected chi connectivity index (χ0v) is 15.5. The zero-order valence-electron chi connectivity index (χ0n) is 14.7. The summed E-state index contributed by atoms with van der Waals surface area (Å²) in [5, 5.41) is 0. The van der Waals surface area contributed by atoms with Crippen molar-refractivity contribution in [3.8, 4) is 22.9 Å². The van der Waals surface area contributed by atoms with E-state index >= 15 is 0 Å². The molecule has 0 unspecified atom stereocenters. The molecule has 0 saturated carbocycles. The first-order valence-electron chi connectivity index (χ1n) is 8.28. The summed E-state index contributed by atoms with van der Waals surface area (Å²) in [6.45, 7) is 3.15. The van der Waals surface area contributed by atoms with Crippen LogP contribution in [0.4, 0.5) is 5.95 Å². The fourth-order valence-electron chi connectivity index (χ4n) is 3.30. The van der Waals surface area contributed by atoms with E-state index in [-0.39, 0.29) is 18.1 Å². The van der Waals surface area contributed by atoms with Gasteiger partial charge in [0.05, 0.1) is 27.4 Å². The summed E-state index contributed by atoms with van der Waals surface area (Å²) in [7, 11) is 3.21. The molecule has 140 valence electrons. The number of benzene rings is 1. The van der Waals surface area contributed by atoms with Crippen molar-refractivity contribution in [3.05, 3.63) is 28.2 Å². The Bertz CT molecular complexity index is 865. The lowest BCUT2D eigenvalue weighted by Crippen LogP contribution is -2.40. The summed E-state index contributed by atoms with van der Waals surface area (Å²) < 4.78 is 17.8. The number of rotatable bonds is 3. The molecule has 26 heavy (non-hydrogen) atoms. The van der Waals surface area contributed by atoms with E-state index in [4.69, 9.17) is 19.2 Å². The molecule has 0 spiro atoms. The van der Waals surface area contributed by atoms with E-state index in [1.807, 2.05) is 17.0 Å². The van der Waals surface area contributed by atoms with Gasteiger partial charge in [0.1, 0.15) is 5.82 Å². The molecule has 0 aliphatic carbocycles. The molecule has 3 heterocycles. The molecule has 4 rings (SSSR count). The molecule has 1 fully saturated rings. The molecule has 1 aromatic carbocycles. The molecule has 0 bridgehead atoms. The molecular weight excluding hydrogens is 360 g/mol. The normalized spacial score (nSPS) is 15.5. The minimum atomic E-state index is -0.271. The topological polar surface area (TPSA) is 78.7 Å². The molecule has 0 N–H and O–H groups in total. The van der Waals surface area contributed by atoms with Crippen LogP contribution in [0.3, 0.4) is 0 Å². The van der Waals surface area contributed by atoms with Gasteiger partial charge < -0.3 is 19.1 Å². The summed E-state index contributed by atoms with van der Waals surface area (Å²) in [6.07, 6.45) is 0.725. The zero-order chi connectivity index (χ0) is 17.4. The molecule has 0 radical (unpaired) electrons. The van der Waals surface area contributed by atoms with Crippen LogP contribution >= 0.6 is 12.4 Å². The largest absolute Gasteiger partial charge is 0.493 e. The highest BCUT2D eigenvalue weighted by atomic mass is 35.5. The van der Waals surface area contributed by atoms with E-state index in [9.17, 15) is 4.79 Å². The predicted molar refractivity (Wildman–Crippen MR) is 98.8 cm³/mol. The van der Waals surface area contributed by atoms with E-state index in [1.165, 1.54) is 0 Å². The van der Waals surface area contributed by atoms with Gasteiger partial charge in [-0.3, -0.25) is 4.57 Å². The highest BCUT2D eigenvalue weighted by Crippen LogP contribution is 2.37. The van der Waals surface area contributed by atoms with Gasteiger partial charge in [-0.15, -0.1) is 12.4 Å². The molecule has 2 aliphatic heterocycles. The number of methoxy groups -OCH3 is 2. The fraction of sp³-hybridized carbons (Fsp3) is 0.471. The van der Waals surface area contributed by atoms with Gasteiger partial charge >= 0.3 is 5.69 Å². The monoisotopic (exact) mass is 380 g/mol. The van der Waals surface area contributed by atoms with Gasteiger partial charge in [-0.1, -0.05) is 0 Å². The van der Waals surface area contributed by atoms with E-state index in [0.29, 0.717) is 56.1 Å². The number of anilines is 1. The maximum absolute atomic E-state index is 12.5. The van der Waals surface area contributed by atoms with Crippen LogP contribution in [0.15, 0.2) is 16.9 Å². The van der Waals surface area contributed by atoms with Crippen LogP contribution < -0.4 is 20.1 Å². The molecule has 2 aromatic rings. The molecule has 1 aromatic heterocycles. The van der Waals surface area contributed by atoms with Crippen LogP contribution in [0.25, 0.3) is 11.4 Å². The van der Waals surface area contributed by atoms with Crippen molar-refractivity contribution >= 4 is 18.4 Å². The molecular formula is C17H21ClN4O4. The number of halogens is 1. The Hall–Kier alpha value is -2.32. The maximum Gasteiger partial charge on any atom is 0.352 e. The number of ether oxygens (including phenoxy) is 3. The standard InChI is InChI=1S/C17H20N4O4.ClH/c1-23-13-9-11-3-4-21-15(12(11)10-14(13)24-2)18-16(19-17(21)22)20-5-7-25-8-6-20;/h9-10H,3-8H2,1-2H3;1H. The number of fused-ring (bicyclic) bond motifs is 3. The number of hydrogen-bond acceptors (Lipinski definition) is 7. The van der Waals surface area contributed by atoms with E-state index in [0.717, 1.165) is 17.5 Å². The van der Waals surface area contributed by atoms with Crippen molar-refractivity contribution < 1.29 is 14.2 Å². The highest BCUT2D eigenvalue weighted by Gasteiger charge is 2.24. The van der Waals surface area contributed by atoms with Crippen molar-refractivity contribution in [3.63, 3.8) is 0 Å². The van der Waals surface area contributed by atoms with Crippen molar-refractivity contribution in [2.75, 3.05) is 45.4 Å². The van der Waals surface area contributed by atoms with Gasteiger partial charge in [0.25, 0.3) is 0 Å². The lowest BCUT2D eigenvalue weighted by atomic mass is 9.99. The number of hydrogen-bond donors (Lipinski definition) is 0. The second kappa shape index (κ2) is 7.51. The van der Waals surface area contributed by atoms with Crippen molar-refractivity contribution in [2.45, 2.75) is 13.0 Å². The first kappa shape index (κ1) is 18.5. The van der Waals surface area contributed by atoms with Crippen LogP contribution in [-0.2, 0) is 17.7 Å². The van der Waals surface area contributed by atoms with Crippen LogP contribution in [0.2, 0.25) is 0 Å². The summed E-state index contributed by atoms with van der Waals surface area (Å²) in [6, 6.07) is 3.84. The van der Waals surface area contributed by atoms with Crippen molar-refractivity contribution in [1.29, 1.82) is 0 Å². The number of aryl methyl sites for hydroxylation is 1. The Morgan fingerprint density at radius 1 is 1.04 bits per heavy atom. The van der Waals surface area contributed by atoms with Gasteiger partial charge in [0, 0.05) is 25.2 Å². The van der Waals surface area contributed by atoms with Gasteiger partial charge in [-0.05, 0) is 24.1 Å². The summed E-state index contributed by atoms with van der Waals surface area (Å²) in [5.74, 6) is 2.39. The third-order valence-electron chi connectivity index (χ3n) is 4.64. The Morgan fingerprint density at radius 2 is 1.73 bits per heavy atom. The quantitative estimate of drug-likeness (QED) is 0.789. The minimum Gasteiger partial charge on any atom is -0.493 e. The molecule has 2 aliphatic rings. The summed E-state index contributed by atoms with van der Waals surface area (Å²) in [5.41, 5.74) is 1.70. The SMILES string of the molecule is COc1cc2c(cc1OC)-c1nc(N3CCOCC3)nc(=O)n1CC2.Cl. The lowest BCUT2D eigenvalue weighted by molar-refractivity contribution is 0.122. The van der Waals surface area contributed by atoms with Gasteiger partial charge in [-0.2, -0.15) is 9.97 Å². The van der Waals surface area contributed by atoms with Crippen molar-refractivity contribution in [2.24, 2.45) is 0 Å². The second-order valence-electron chi connectivity index (χ2n) is 6.00. The molecule has 8 nitrogen and oxygen atoms in total.